The van der Waals surface area contributed by atoms with Crippen LogP contribution in [0.1, 0.15) is 60.8 Å². The van der Waals surface area contributed by atoms with Crippen LogP contribution in [0.3, 0.4) is 0 Å². The Hall–Kier alpha value is -4.31. The van der Waals surface area contributed by atoms with E-state index in [0.29, 0.717) is 11.6 Å². The molecule has 4 heteroatoms. The summed E-state index contributed by atoms with van der Waals surface area (Å²) in [6.45, 7) is 8.68. The number of benzene rings is 2. The molecule has 6 aromatic rings. The van der Waals surface area contributed by atoms with E-state index >= 15 is 0 Å². The lowest BCUT2D eigenvalue weighted by Gasteiger charge is -2.26. The molecular formula is C35H31N3O. The third kappa shape index (κ3) is 4.21. The molecule has 0 saturated heterocycles. The van der Waals surface area contributed by atoms with Crippen LogP contribution in [0.5, 0.6) is 0 Å². The zero-order valence-corrected chi connectivity index (χ0v) is 22.8. The van der Waals surface area contributed by atoms with E-state index in [-0.39, 0.29) is 0 Å². The monoisotopic (exact) mass is 509 g/mol. The zero-order valence-electron chi connectivity index (χ0n) is 22.8. The van der Waals surface area contributed by atoms with Gasteiger partial charge in [0.25, 0.3) is 0 Å². The first kappa shape index (κ1) is 23.8. The number of para-hydroxylation sites is 1. The van der Waals surface area contributed by atoms with Gasteiger partial charge in [-0.3, -0.25) is 9.97 Å². The molecule has 192 valence electrons. The second-order valence-electron chi connectivity index (χ2n) is 11.5. The number of pyridine rings is 3. The number of furan rings is 1. The predicted octanol–water partition coefficient (Wildman–Crippen LogP) is 8.93. The molecule has 0 spiro atoms. The van der Waals surface area contributed by atoms with E-state index in [1.54, 1.807) is 0 Å². The Morgan fingerprint density at radius 3 is 2.10 bits per heavy atom. The lowest BCUT2D eigenvalue weighted by Crippen LogP contribution is -2.23. The third-order valence-electron chi connectivity index (χ3n) is 7.95. The second kappa shape index (κ2) is 8.88. The predicted molar refractivity (Wildman–Crippen MR) is 158 cm³/mol. The largest absolute Gasteiger partial charge is 0.437 e. The highest BCUT2D eigenvalue weighted by Crippen LogP contribution is 2.41. The third-order valence-corrected chi connectivity index (χ3v) is 7.95. The maximum absolute atomic E-state index is 6.42. The van der Waals surface area contributed by atoms with E-state index in [0.717, 1.165) is 61.5 Å². The quantitative estimate of drug-likeness (QED) is 0.233. The molecule has 0 amide bonds. The number of fused-ring (bicyclic) bond motifs is 3. The number of aryl methyl sites for hydroxylation is 2. The molecule has 4 nitrogen and oxygen atoms in total. The molecule has 39 heavy (non-hydrogen) atoms. The smallest absolute Gasteiger partial charge is 0.227 e. The van der Waals surface area contributed by atoms with Crippen LogP contribution in [0.25, 0.3) is 44.6 Å². The molecular weight excluding hydrogens is 478 g/mol. The van der Waals surface area contributed by atoms with Crippen LogP contribution >= 0.6 is 0 Å². The number of aromatic nitrogens is 3. The van der Waals surface area contributed by atoms with Crippen molar-refractivity contribution >= 4 is 22.1 Å². The van der Waals surface area contributed by atoms with Gasteiger partial charge in [-0.15, -0.1) is 0 Å². The summed E-state index contributed by atoms with van der Waals surface area (Å²) in [4.78, 5) is 15.2. The summed E-state index contributed by atoms with van der Waals surface area (Å²) < 4.78 is 6.42. The molecule has 2 aromatic carbocycles. The Kier molecular flexibility index (Phi) is 5.41. The molecule has 0 N–H and O–H groups in total. The van der Waals surface area contributed by atoms with Crippen LogP contribution in [0.2, 0.25) is 0 Å². The van der Waals surface area contributed by atoms with Gasteiger partial charge >= 0.3 is 0 Å². The summed E-state index contributed by atoms with van der Waals surface area (Å²) in [6, 6.07) is 29.6. The van der Waals surface area contributed by atoms with Gasteiger partial charge in [-0.1, -0.05) is 42.5 Å². The van der Waals surface area contributed by atoms with Gasteiger partial charge < -0.3 is 4.42 Å². The van der Waals surface area contributed by atoms with Crippen molar-refractivity contribution in [2.45, 2.75) is 51.9 Å². The molecule has 0 atom stereocenters. The molecule has 7 rings (SSSR count). The van der Waals surface area contributed by atoms with Gasteiger partial charge in [0.15, 0.2) is 0 Å². The van der Waals surface area contributed by atoms with Crippen LogP contribution in [-0.2, 0) is 5.41 Å². The first-order chi connectivity index (χ1) is 18.9. The van der Waals surface area contributed by atoms with Gasteiger partial charge in [0.1, 0.15) is 5.58 Å². The second-order valence-corrected chi connectivity index (χ2v) is 11.5. The van der Waals surface area contributed by atoms with Crippen LogP contribution < -0.4 is 0 Å². The molecule has 4 aromatic heterocycles. The van der Waals surface area contributed by atoms with Crippen LogP contribution in [0, 0.1) is 13.8 Å². The minimum Gasteiger partial charge on any atom is -0.437 e. The normalized spacial score (nSPS) is 13.8. The van der Waals surface area contributed by atoms with Crippen molar-refractivity contribution < 1.29 is 4.42 Å². The highest BCUT2D eigenvalue weighted by molar-refractivity contribution is 6.08. The molecule has 4 heterocycles. The van der Waals surface area contributed by atoms with E-state index < -0.39 is 5.41 Å². The van der Waals surface area contributed by atoms with Crippen LogP contribution in [0.4, 0.5) is 0 Å². The molecule has 1 fully saturated rings. The number of nitrogens with zero attached hydrogens (tertiary/aromatic N) is 3. The standard InChI is InChI=1S/C35H31N3O/c1-21-17-29(23-9-6-5-7-10-23)36-31(19-21)35(3,4)32-20-22(2)18-30(37-32)27-12-8-11-25-26-15-16-28(24-13-14-24)38-34(26)39-33(25)27/h5-12,15-20,24H,13-14H2,1-4H3. The Bertz CT molecular complexity index is 1860. The molecule has 0 bridgehead atoms. The molecule has 1 aliphatic rings. The van der Waals surface area contributed by atoms with Crippen LogP contribution in [0.15, 0.2) is 89.3 Å². The summed E-state index contributed by atoms with van der Waals surface area (Å²) in [6.07, 6.45) is 2.44. The average molecular weight is 510 g/mol. The molecule has 0 radical (unpaired) electrons. The topological polar surface area (TPSA) is 51.8 Å². The van der Waals surface area contributed by atoms with Crippen molar-refractivity contribution in [2.24, 2.45) is 0 Å². The van der Waals surface area contributed by atoms with Crippen molar-refractivity contribution in [1.82, 2.24) is 15.0 Å². The van der Waals surface area contributed by atoms with E-state index in [2.05, 4.69) is 107 Å². The number of rotatable bonds is 5. The first-order valence-electron chi connectivity index (χ1n) is 13.7. The van der Waals surface area contributed by atoms with E-state index in [9.17, 15) is 0 Å². The highest BCUT2D eigenvalue weighted by atomic mass is 16.3. The number of hydrogen-bond acceptors (Lipinski definition) is 4. The summed E-state index contributed by atoms with van der Waals surface area (Å²) in [5.41, 5.74) is 10.6. The lowest BCUT2D eigenvalue weighted by atomic mass is 9.83. The van der Waals surface area contributed by atoms with Crippen molar-refractivity contribution in [3.63, 3.8) is 0 Å². The van der Waals surface area contributed by atoms with Crippen molar-refractivity contribution in [3.8, 4) is 22.5 Å². The van der Waals surface area contributed by atoms with Gasteiger partial charge in [-0.2, -0.15) is 0 Å². The average Bonchev–Trinajstić information content (AvgIpc) is 3.73. The maximum Gasteiger partial charge on any atom is 0.227 e. The Labute approximate surface area is 228 Å². The maximum atomic E-state index is 6.42. The van der Waals surface area contributed by atoms with Gasteiger partial charge in [0.2, 0.25) is 5.71 Å². The zero-order chi connectivity index (χ0) is 26.7. The van der Waals surface area contributed by atoms with E-state index in [1.165, 1.54) is 18.4 Å². The Balaban J connectivity index is 1.35. The van der Waals surface area contributed by atoms with Gasteiger partial charge in [0, 0.05) is 38.9 Å². The fourth-order valence-corrected chi connectivity index (χ4v) is 5.50. The van der Waals surface area contributed by atoms with Crippen molar-refractivity contribution in [3.05, 3.63) is 113 Å². The summed E-state index contributed by atoms with van der Waals surface area (Å²) in [5.74, 6) is 0.586. The molecule has 0 unspecified atom stereocenters. The Morgan fingerprint density at radius 2 is 1.38 bits per heavy atom. The fourth-order valence-electron chi connectivity index (χ4n) is 5.50. The van der Waals surface area contributed by atoms with Crippen LogP contribution in [-0.4, -0.2) is 15.0 Å². The fraction of sp³-hybridized carbons (Fsp3) is 0.229. The molecule has 1 saturated carbocycles. The van der Waals surface area contributed by atoms with Gasteiger partial charge in [-0.25, -0.2) is 4.98 Å². The number of hydrogen-bond donors (Lipinski definition) is 0. The van der Waals surface area contributed by atoms with Crippen molar-refractivity contribution in [1.29, 1.82) is 0 Å². The Morgan fingerprint density at radius 1 is 0.692 bits per heavy atom. The first-order valence-corrected chi connectivity index (χ1v) is 13.7. The molecule has 0 aliphatic heterocycles. The summed E-state index contributed by atoms with van der Waals surface area (Å²) >= 11 is 0. The summed E-state index contributed by atoms with van der Waals surface area (Å²) in [5, 5.41) is 2.14. The van der Waals surface area contributed by atoms with Gasteiger partial charge in [-0.05, 0) is 94.1 Å². The minimum absolute atomic E-state index is 0.404. The molecule has 1 aliphatic carbocycles. The van der Waals surface area contributed by atoms with Gasteiger partial charge in [0.05, 0.1) is 22.8 Å². The van der Waals surface area contributed by atoms with Crippen molar-refractivity contribution in [2.75, 3.05) is 0 Å². The highest BCUT2D eigenvalue weighted by Gasteiger charge is 2.29. The summed E-state index contributed by atoms with van der Waals surface area (Å²) in [7, 11) is 0. The van der Waals surface area contributed by atoms with E-state index in [4.69, 9.17) is 19.4 Å². The van der Waals surface area contributed by atoms with E-state index in [1.807, 2.05) is 6.07 Å². The SMILES string of the molecule is Cc1cc(-c2ccccc2)nc(C(C)(C)c2cc(C)cc(-c3cccc4c3oc3nc(C5CC5)ccc34)n2)c1. The minimum atomic E-state index is -0.404. The lowest BCUT2D eigenvalue weighted by molar-refractivity contribution is 0.595.